The summed E-state index contributed by atoms with van der Waals surface area (Å²) in [5.74, 6) is 1.78. The van der Waals surface area contributed by atoms with Crippen molar-refractivity contribution in [1.82, 2.24) is 4.90 Å². The molecule has 1 aliphatic rings. The Bertz CT molecular complexity index is 777. The van der Waals surface area contributed by atoms with Crippen LogP contribution in [0.2, 0.25) is 5.02 Å². The number of hydrogen-bond acceptors (Lipinski definition) is 4. The van der Waals surface area contributed by atoms with Crippen molar-refractivity contribution in [1.29, 1.82) is 0 Å². The smallest absolute Gasteiger partial charge is 0.232 e. The molecular weight excluding hydrogens is 356 g/mol. The van der Waals surface area contributed by atoms with Crippen LogP contribution in [0.3, 0.4) is 0 Å². The third-order valence-electron chi connectivity index (χ3n) is 3.87. The lowest BCUT2D eigenvalue weighted by molar-refractivity contribution is -0.126. The first-order valence-electron chi connectivity index (χ1n) is 8.06. The first-order chi connectivity index (χ1) is 12.2. The quantitative estimate of drug-likeness (QED) is 0.788. The molecule has 2 aromatic carbocycles. The minimum Gasteiger partial charge on any atom is -0.497 e. The summed E-state index contributed by atoms with van der Waals surface area (Å²) in [5.41, 5.74) is 1.65. The molecule has 1 fully saturated rings. The van der Waals surface area contributed by atoms with Gasteiger partial charge in [0.15, 0.2) is 5.17 Å². The number of halogens is 1. The lowest BCUT2D eigenvalue weighted by atomic mass is 10.1. The maximum absolute atomic E-state index is 12.8. The zero-order valence-electron chi connectivity index (χ0n) is 13.9. The molecule has 1 amide bonds. The summed E-state index contributed by atoms with van der Waals surface area (Å²) < 4.78 is 5.15. The fraction of sp³-hybridized carbons (Fsp3) is 0.263. The van der Waals surface area contributed by atoms with Gasteiger partial charge < -0.3 is 4.74 Å². The summed E-state index contributed by atoms with van der Waals surface area (Å²) in [6, 6.07) is 15.0. The summed E-state index contributed by atoms with van der Waals surface area (Å²) >= 11 is 7.79. The van der Waals surface area contributed by atoms with Gasteiger partial charge >= 0.3 is 0 Å². The van der Waals surface area contributed by atoms with E-state index in [-0.39, 0.29) is 5.91 Å². The van der Waals surface area contributed by atoms with Crippen LogP contribution in [0.4, 0.5) is 5.69 Å². The van der Waals surface area contributed by atoms with Gasteiger partial charge in [0.25, 0.3) is 0 Å². The van der Waals surface area contributed by atoms with Gasteiger partial charge in [-0.05, 0) is 36.2 Å². The van der Waals surface area contributed by atoms with E-state index in [1.54, 1.807) is 29.8 Å². The van der Waals surface area contributed by atoms with Crippen molar-refractivity contribution in [3.63, 3.8) is 0 Å². The summed E-state index contributed by atoms with van der Waals surface area (Å²) in [7, 11) is 1.63. The van der Waals surface area contributed by atoms with Crippen molar-refractivity contribution >= 4 is 40.1 Å². The van der Waals surface area contributed by atoms with Crippen LogP contribution < -0.4 is 4.74 Å². The fourth-order valence-electron chi connectivity index (χ4n) is 2.54. The van der Waals surface area contributed by atoms with E-state index in [0.29, 0.717) is 23.7 Å². The molecule has 6 heteroatoms. The largest absolute Gasteiger partial charge is 0.497 e. The minimum absolute atomic E-state index is 0.0446. The van der Waals surface area contributed by atoms with Crippen molar-refractivity contribution in [3.05, 3.63) is 59.1 Å². The van der Waals surface area contributed by atoms with E-state index < -0.39 is 0 Å². The van der Waals surface area contributed by atoms with Crippen molar-refractivity contribution in [3.8, 4) is 5.75 Å². The van der Waals surface area contributed by atoms with Crippen LogP contribution in [0, 0.1) is 0 Å². The van der Waals surface area contributed by atoms with Gasteiger partial charge in [0.05, 0.1) is 24.2 Å². The summed E-state index contributed by atoms with van der Waals surface area (Å²) in [5, 5.41) is 1.31. The molecule has 0 unspecified atom stereocenters. The van der Waals surface area contributed by atoms with Gasteiger partial charge in [-0.3, -0.25) is 9.69 Å². The number of methoxy groups -OCH3 is 1. The normalized spacial score (nSPS) is 16.1. The lowest BCUT2D eigenvalue weighted by Gasteiger charge is -2.28. The van der Waals surface area contributed by atoms with Gasteiger partial charge in [0, 0.05) is 12.3 Å². The number of rotatable bonds is 4. The number of hydrogen-bond donors (Lipinski definition) is 0. The van der Waals surface area contributed by atoms with E-state index in [0.717, 1.165) is 28.7 Å². The fourth-order valence-corrected chi connectivity index (χ4v) is 3.69. The number of carbonyl (C=O) groups is 1. The molecule has 0 aromatic heterocycles. The Morgan fingerprint density at radius 2 is 2.00 bits per heavy atom. The van der Waals surface area contributed by atoms with Crippen molar-refractivity contribution in [2.45, 2.75) is 12.8 Å². The highest BCUT2D eigenvalue weighted by Crippen LogP contribution is 2.28. The summed E-state index contributed by atoms with van der Waals surface area (Å²) in [6.45, 7) is 0.686. The van der Waals surface area contributed by atoms with Crippen LogP contribution in [-0.2, 0) is 11.2 Å². The first-order valence-corrected chi connectivity index (χ1v) is 9.43. The molecule has 130 valence electrons. The number of nitrogens with zero attached hydrogens (tertiary/aromatic N) is 2. The number of amides is 1. The Morgan fingerprint density at radius 3 is 2.72 bits per heavy atom. The Hall–Kier alpha value is -1.98. The van der Waals surface area contributed by atoms with Crippen LogP contribution in [0.1, 0.15) is 12.0 Å². The molecule has 0 N–H and O–H groups in total. The number of carbonyl (C=O) groups excluding carboxylic acids is 1. The lowest BCUT2D eigenvalue weighted by Crippen LogP contribution is -2.40. The molecule has 3 rings (SSSR count). The zero-order valence-corrected chi connectivity index (χ0v) is 15.5. The number of amidine groups is 1. The van der Waals surface area contributed by atoms with E-state index in [1.807, 2.05) is 42.5 Å². The van der Waals surface area contributed by atoms with Crippen molar-refractivity contribution < 1.29 is 9.53 Å². The third-order valence-corrected chi connectivity index (χ3v) is 5.25. The first kappa shape index (κ1) is 17.8. The van der Waals surface area contributed by atoms with Gasteiger partial charge in [-0.25, -0.2) is 4.99 Å². The van der Waals surface area contributed by atoms with Gasteiger partial charge in [-0.1, -0.05) is 47.6 Å². The van der Waals surface area contributed by atoms with Crippen LogP contribution in [0.25, 0.3) is 0 Å². The topological polar surface area (TPSA) is 41.9 Å². The highest BCUT2D eigenvalue weighted by Gasteiger charge is 2.24. The zero-order chi connectivity index (χ0) is 17.6. The maximum Gasteiger partial charge on any atom is 0.232 e. The molecule has 0 atom stereocenters. The van der Waals surface area contributed by atoms with E-state index in [4.69, 9.17) is 16.3 Å². The summed E-state index contributed by atoms with van der Waals surface area (Å²) in [6.07, 6.45) is 1.30. The van der Waals surface area contributed by atoms with Gasteiger partial charge in [0.2, 0.25) is 5.91 Å². The molecule has 0 spiro atoms. The van der Waals surface area contributed by atoms with Gasteiger partial charge in [-0.2, -0.15) is 0 Å². The Labute approximate surface area is 156 Å². The third kappa shape index (κ3) is 4.55. The highest BCUT2D eigenvalue weighted by atomic mass is 35.5. The van der Waals surface area contributed by atoms with E-state index in [1.165, 1.54) is 0 Å². The van der Waals surface area contributed by atoms with E-state index in [2.05, 4.69) is 4.99 Å². The second-order valence-electron chi connectivity index (χ2n) is 5.62. The Morgan fingerprint density at radius 1 is 1.24 bits per heavy atom. The van der Waals surface area contributed by atoms with E-state index >= 15 is 0 Å². The predicted octanol–water partition coefficient (Wildman–Crippen LogP) is 4.54. The number of thioether (sulfide) groups is 1. The monoisotopic (exact) mass is 374 g/mol. The minimum atomic E-state index is 0.0446. The number of benzene rings is 2. The predicted molar refractivity (Wildman–Crippen MR) is 104 cm³/mol. The molecular formula is C19H19ClN2O2S. The number of aliphatic imine (C=N–C) groups is 1. The van der Waals surface area contributed by atoms with E-state index in [9.17, 15) is 4.79 Å². The Kier molecular flexibility index (Phi) is 6.00. The highest BCUT2D eigenvalue weighted by molar-refractivity contribution is 8.13. The molecule has 1 heterocycles. The van der Waals surface area contributed by atoms with Crippen LogP contribution in [0.15, 0.2) is 53.5 Å². The standard InChI is InChI=1S/C19H19ClN2O2S/c1-24-15-9-7-14(8-10-15)13-18(23)22-11-4-12-25-19(22)21-17-6-3-2-5-16(17)20/h2-3,5-10H,4,11-13H2,1H3. The second-order valence-corrected chi connectivity index (χ2v) is 7.09. The molecule has 25 heavy (non-hydrogen) atoms. The van der Waals surface area contributed by atoms with Crippen LogP contribution in [0.5, 0.6) is 5.75 Å². The van der Waals surface area contributed by atoms with Crippen LogP contribution >= 0.6 is 23.4 Å². The van der Waals surface area contributed by atoms with Crippen molar-refractivity contribution in [2.24, 2.45) is 4.99 Å². The Balaban J connectivity index is 1.77. The molecule has 0 aliphatic carbocycles. The molecule has 1 aliphatic heterocycles. The molecule has 2 aromatic rings. The molecule has 0 saturated carbocycles. The average molecular weight is 375 g/mol. The summed E-state index contributed by atoms with van der Waals surface area (Å²) in [4.78, 5) is 19.2. The van der Waals surface area contributed by atoms with Crippen LogP contribution in [-0.4, -0.2) is 35.4 Å². The van der Waals surface area contributed by atoms with Gasteiger partial charge in [-0.15, -0.1) is 0 Å². The SMILES string of the molecule is COc1ccc(CC(=O)N2CCCSC2=Nc2ccccc2Cl)cc1. The molecule has 0 radical (unpaired) electrons. The molecule has 1 saturated heterocycles. The molecule has 4 nitrogen and oxygen atoms in total. The second kappa shape index (κ2) is 8.41. The van der Waals surface area contributed by atoms with Crippen molar-refractivity contribution in [2.75, 3.05) is 19.4 Å². The number of para-hydroxylation sites is 1. The number of ether oxygens (including phenoxy) is 1. The maximum atomic E-state index is 12.8. The van der Waals surface area contributed by atoms with Gasteiger partial charge in [0.1, 0.15) is 5.75 Å². The average Bonchev–Trinajstić information content (AvgIpc) is 2.64. The molecule has 0 bridgehead atoms.